The maximum absolute atomic E-state index is 12.1. The summed E-state index contributed by atoms with van der Waals surface area (Å²) in [6.45, 7) is 0.761. The van der Waals surface area contributed by atoms with E-state index in [2.05, 4.69) is 0 Å². The van der Waals surface area contributed by atoms with Crippen molar-refractivity contribution < 1.29 is 14.3 Å². The Balaban J connectivity index is 1.67. The Labute approximate surface area is 111 Å². The minimum absolute atomic E-state index is 0.0152. The molecule has 0 atom stereocenters. The molecular formula is C16H14O3. The zero-order valence-corrected chi connectivity index (χ0v) is 10.5. The average molecular weight is 254 g/mol. The van der Waals surface area contributed by atoms with Crippen LogP contribution in [0.1, 0.15) is 15.9 Å². The fourth-order valence-corrected chi connectivity index (χ4v) is 2.11. The average Bonchev–Trinajstić information content (AvgIpc) is 2.93. The van der Waals surface area contributed by atoms with Crippen LogP contribution in [0, 0.1) is 0 Å². The van der Waals surface area contributed by atoms with E-state index in [1.807, 2.05) is 42.5 Å². The van der Waals surface area contributed by atoms with E-state index in [0.717, 1.165) is 17.7 Å². The van der Waals surface area contributed by atoms with Crippen molar-refractivity contribution in [2.45, 2.75) is 6.42 Å². The Morgan fingerprint density at radius 2 is 2.00 bits per heavy atom. The summed E-state index contributed by atoms with van der Waals surface area (Å²) in [4.78, 5) is 12.1. The topological polar surface area (TPSA) is 35.5 Å². The molecule has 0 spiro atoms. The van der Waals surface area contributed by atoms with E-state index >= 15 is 0 Å². The smallest absolute Gasteiger partial charge is 0.200 e. The molecule has 0 aromatic heterocycles. The van der Waals surface area contributed by atoms with Crippen LogP contribution in [0.2, 0.25) is 0 Å². The first-order valence-corrected chi connectivity index (χ1v) is 6.30. The maximum Gasteiger partial charge on any atom is 0.200 e. The van der Waals surface area contributed by atoms with Gasteiger partial charge in [0, 0.05) is 12.0 Å². The molecule has 0 saturated heterocycles. The largest absolute Gasteiger partial charge is 0.493 e. The normalized spacial score (nSPS) is 12.6. The van der Waals surface area contributed by atoms with Gasteiger partial charge in [0.1, 0.15) is 11.5 Å². The summed E-state index contributed by atoms with van der Waals surface area (Å²) in [5.41, 5.74) is 1.78. The lowest BCUT2D eigenvalue weighted by molar-refractivity contribution is 0.0921. The molecule has 2 aromatic carbocycles. The van der Waals surface area contributed by atoms with Gasteiger partial charge in [-0.2, -0.15) is 0 Å². The molecule has 0 N–H and O–H groups in total. The molecule has 3 heteroatoms. The standard InChI is InChI=1S/C16H14O3/c17-15(11-19-14-4-2-1-3-5-14)12-6-7-16-13(10-12)8-9-18-16/h1-7,10H,8-9,11H2. The highest BCUT2D eigenvalue weighted by Crippen LogP contribution is 2.26. The number of hydrogen-bond acceptors (Lipinski definition) is 3. The molecule has 0 bridgehead atoms. The Morgan fingerprint density at radius 3 is 2.84 bits per heavy atom. The van der Waals surface area contributed by atoms with Crippen molar-refractivity contribution in [1.29, 1.82) is 0 Å². The third-order valence-electron chi connectivity index (χ3n) is 3.12. The molecule has 0 fully saturated rings. The van der Waals surface area contributed by atoms with Crippen LogP contribution < -0.4 is 9.47 Å². The number of carbonyl (C=O) groups excluding carboxylic acids is 1. The predicted octanol–water partition coefficient (Wildman–Crippen LogP) is 2.88. The molecule has 1 heterocycles. The molecule has 1 aliphatic heterocycles. The monoisotopic (exact) mass is 254 g/mol. The van der Waals surface area contributed by atoms with Crippen LogP contribution in [0.5, 0.6) is 11.5 Å². The minimum atomic E-state index is -0.0152. The van der Waals surface area contributed by atoms with E-state index in [1.165, 1.54) is 0 Å². The van der Waals surface area contributed by atoms with Crippen molar-refractivity contribution in [2.24, 2.45) is 0 Å². The fraction of sp³-hybridized carbons (Fsp3) is 0.188. The third-order valence-corrected chi connectivity index (χ3v) is 3.12. The van der Waals surface area contributed by atoms with E-state index in [0.29, 0.717) is 17.9 Å². The lowest BCUT2D eigenvalue weighted by atomic mass is 10.1. The lowest BCUT2D eigenvalue weighted by Crippen LogP contribution is -2.11. The number of Topliss-reactive ketones (excluding diaryl/α,β-unsaturated/α-hetero) is 1. The van der Waals surface area contributed by atoms with Crippen molar-refractivity contribution in [1.82, 2.24) is 0 Å². The number of rotatable bonds is 4. The van der Waals surface area contributed by atoms with Crippen LogP contribution in [0.15, 0.2) is 48.5 Å². The highest BCUT2D eigenvalue weighted by molar-refractivity contribution is 5.97. The van der Waals surface area contributed by atoms with Crippen molar-refractivity contribution >= 4 is 5.78 Å². The molecule has 0 amide bonds. The van der Waals surface area contributed by atoms with Crippen LogP contribution in [0.4, 0.5) is 0 Å². The van der Waals surface area contributed by atoms with Crippen molar-refractivity contribution in [3.63, 3.8) is 0 Å². The quantitative estimate of drug-likeness (QED) is 0.787. The van der Waals surface area contributed by atoms with Gasteiger partial charge in [-0.25, -0.2) is 0 Å². The molecule has 2 aromatic rings. The van der Waals surface area contributed by atoms with Crippen LogP contribution in [-0.4, -0.2) is 19.0 Å². The number of carbonyl (C=O) groups is 1. The SMILES string of the molecule is O=C(COc1ccccc1)c1ccc2c(c1)CCO2. The fourth-order valence-electron chi connectivity index (χ4n) is 2.11. The second kappa shape index (κ2) is 5.14. The van der Waals surface area contributed by atoms with Gasteiger partial charge in [0.05, 0.1) is 6.61 Å². The number of ketones is 1. The molecule has 96 valence electrons. The summed E-state index contributed by atoms with van der Waals surface area (Å²) in [5, 5.41) is 0. The number of fused-ring (bicyclic) bond motifs is 1. The van der Waals surface area contributed by atoms with Crippen LogP contribution >= 0.6 is 0 Å². The summed E-state index contributed by atoms with van der Waals surface area (Å²) < 4.78 is 10.9. The number of benzene rings is 2. The molecule has 0 unspecified atom stereocenters. The Morgan fingerprint density at radius 1 is 1.16 bits per heavy atom. The molecule has 3 rings (SSSR count). The van der Waals surface area contributed by atoms with Crippen LogP contribution in [0.25, 0.3) is 0 Å². The number of ether oxygens (including phenoxy) is 2. The van der Waals surface area contributed by atoms with Gasteiger partial charge >= 0.3 is 0 Å². The second-order valence-corrected chi connectivity index (χ2v) is 4.45. The van der Waals surface area contributed by atoms with E-state index in [4.69, 9.17) is 9.47 Å². The highest BCUT2D eigenvalue weighted by Gasteiger charge is 2.15. The van der Waals surface area contributed by atoms with Gasteiger partial charge in [0.15, 0.2) is 12.4 Å². The van der Waals surface area contributed by atoms with Crippen molar-refractivity contribution in [3.05, 3.63) is 59.7 Å². The molecule has 0 radical (unpaired) electrons. The molecule has 19 heavy (non-hydrogen) atoms. The predicted molar refractivity (Wildman–Crippen MR) is 71.9 cm³/mol. The molecule has 1 aliphatic rings. The Bertz CT molecular complexity index is 590. The van der Waals surface area contributed by atoms with E-state index in [1.54, 1.807) is 6.07 Å². The van der Waals surface area contributed by atoms with Gasteiger partial charge < -0.3 is 9.47 Å². The van der Waals surface area contributed by atoms with E-state index in [9.17, 15) is 4.79 Å². The summed E-state index contributed by atoms with van der Waals surface area (Å²) in [7, 11) is 0. The van der Waals surface area contributed by atoms with Gasteiger partial charge in [-0.15, -0.1) is 0 Å². The highest BCUT2D eigenvalue weighted by atomic mass is 16.5. The van der Waals surface area contributed by atoms with Crippen LogP contribution in [0.3, 0.4) is 0 Å². The molecule has 0 saturated carbocycles. The Hall–Kier alpha value is -2.29. The van der Waals surface area contributed by atoms with Crippen LogP contribution in [-0.2, 0) is 6.42 Å². The maximum atomic E-state index is 12.1. The molecular weight excluding hydrogens is 240 g/mol. The summed E-state index contributed by atoms with van der Waals surface area (Å²) in [6, 6.07) is 14.9. The summed E-state index contributed by atoms with van der Waals surface area (Å²) in [6.07, 6.45) is 0.871. The second-order valence-electron chi connectivity index (χ2n) is 4.45. The van der Waals surface area contributed by atoms with Gasteiger partial charge in [0.2, 0.25) is 0 Å². The zero-order chi connectivity index (χ0) is 13.1. The molecule has 3 nitrogen and oxygen atoms in total. The van der Waals surface area contributed by atoms with Gasteiger partial charge in [-0.3, -0.25) is 4.79 Å². The van der Waals surface area contributed by atoms with Crippen molar-refractivity contribution in [2.75, 3.05) is 13.2 Å². The summed E-state index contributed by atoms with van der Waals surface area (Å²) in [5.74, 6) is 1.58. The first-order chi connectivity index (χ1) is 9.33. The van der Waals surface area contributed by atoms with Gasteiger partial charge in [-0.1, -0.05) is 18.2 Å². The molecule has 0 aliphatic carbocycles. The van der Waals surface area contributed by atoms with Crippen molar-refractivity contribution in [3.8, 4) is 11.5 Å². The Kier molecular flexibility index (Phi) is 3.19. The number of hydrogen-bond donors (Lipinski definition) is 0. The van der Waals surface area contributed by atoms with E-state index < -0.39 is 0 Å². The van der Waals surface area contributed by atoms with Gasteiger partial charge in [0.25, 0.3) is 0 Å². The minimum Gasteiger partial charge on any atom is -0.493 e. The summed E-state index contributed by atoms with van der Waals surface area (Å²) >= 11 is 0. The first kappa shape index (κ1) is 11.8. The number of para-hydroxylation sites is 1. The third kappa shape index (κ3) is 2.60. The zero-order valence-electron chi connectivity index (χ0n) is 10.5. The van der Waals surface area contributed by atoms with E-state index in [-0.39, 0.29) is 12.4 Å². The van der Waals surface area contributed by atoms with Gasteiger partial charge in [-0.05, 0) is 35.9 Å². The first-order valence-electron chi connectivity index (χ1n) is 6.30. The lowest BCUT2D eigenvalue weighted by Gasteiger charge is -2.06.